The summed E-state index contributed by atoms with van der Waals surface area (Å²) in [7, 11) is 0. The van der Waals surface area contributed by atoms with E-state index in [2.05, 4.69) is 0 Å². The van der Waals surface area contributed by atoms with Crippen LogP contribution in [0.5, 0.6) is 11.5 Å². The molecular weight excluding hydrogens is 238 g/mol. The number of rotatable bonds is 6. The van der Waals surface area contributed by atoms with Crippen LogP contribution in [0, 0.1) is 0 Å². The number of hydrogen-bond donors (Lipinski definition) is 5. The molecule has 0 unspecified atom stereocenters. The van der Waals surface area contributed by atoms with E-state index in [1.165, 1.54) is 18.2 Å². The Bertz CT molecular complexity index is 277. The molecule has 0 saturated heterocycles. The zero-order valence-electron chi connectivity index (χ0n) is 10.2. The summed E-state index contributed by atoms with van der Waals surface area (Å²) in [6, 6.07) is 5.85. The Labute approximate surface area is 106 Å². The van der Waals surface area contributed by atoms with E-state index in [0.29, 0.717) is 19.6 Å². The minimum Gasteiger partial charge on any atom is -0.508 e. The van der Waals surface area contributed by atoms with Gasteiger partial charge in [-0.1, -0.05) is 6.07 Å². The highest BCUT2D eigenvalue weighted by Gasteiger charge is 2.00. The molecule has 0 amide bonds. The molecule has 0 aliphatic carbocycles. The zero-order valence-corrected chi connectivity index (χ0v) is 10.2. The predicted octanol–water partition coefficient (Wildman–Crippen LogP) is -0.637. The molecule has 0 aromatic heterocycles. The summed E-state index contributed by atoms with van der Waals surface area (Å²) in [5.41, 5.74) is 0. The first-order valence-electron chi connectivity index (χ1n) is 5.67. The van der Waals surface area contributed by atoms with Crippen molar-refractivity contribution in [2.45, 2.75) is 0 Å². The lowest BCUT2D eigenvalue weighted by molar-refractivity contribution is 0.136. The van der Waals surface area contributed by atoms with E-state index in [9.17, 15) is 0 Å². The molecule has 18 heavy (non-hydrogen) atoms. The van der Waals surface area contributed by atoms with E-state index in [1.54, 1.807) is 11.0 Å². The first-order chi connectivity index (χ1) is 8.63. The third kappa shape index (κ3) is 8.77. The van der Waals surface area contributed by atoms with Crippen LogP contribution in [0.4, 0.5) is 0 Å². The van der Waals surface area contributed by atoms with Crippen molar-refractivity contribution in [2.75, 3.05) is 39.5 Å². The third-order valence-corrected chi connectivity index (χ3v) is 2.08. The van der Waals surface area contributed by atoms with Crippen LogP contribution >= 0.6 is 0 Å². The molecule has 6 heteroatoms. The molecule has 0 radical (unpaired) electrons. The van der Waals surface area contributed by atoms with Gasteiger partial charge in [-0.15, -0.1) is 0 Å². The summed E-state index contributed by atoms with van der Waals surface area (Å²) in [4.78, 5) is 1.79. The maximum Gasteiger partial charge on any atom is 0.119 e. The summed E-state index contributed by atoms with van der Waals surface area (Å²) in [6.07, 6.45) is 0. The van der Waals surface area contributed by atoms with Crippen molar-refractivity contribution in [2.24, 2.45) is 0 Å². The van der Waals surface area contributed by atoms with Crippen LogP contribution < -0.4 is 0 Å². The zero-order chi connectivity index (χ0) is 13.8. The Hall–Kier alpha value is -1.34. The van der Waals surface area contributed by atoms with Gasteiger partial charge in [0.1, 0.15) is 11.5 Å². The average molecular weight is 259 g/mol. The fourth-order valence-electron chi connectivity index (χ4n) is 1.25. The second kappa shape index (κ2) is 10.8. The molecule has 5 N–H and O–H groups in total. The fourth-order valence-corrected chi connectivity index (χ4v) is 1.25. The first kappa shape index (κ1) is 16.7. The molecule has 0 aliphatic rings. The van der Waals surface area contributed by atoms with Gasteiger partial charge in [0.15, 0.2) is 0 Å². The molecule has 0 saturated carbocycles. The van der Waals surface area contributed by atoms with Gasteiger partial charge in [-0.3, -0.25) is 4.90 Å². The van der Waals surface area contributed by atoms with Gasteiger partial charge >= 0.3 is 0 Å². The van der Waals surface area contributed by atoms with Crippen molar-refractivity contribution >= 4 is 0 Å². The fraction of sp³-hybridized carbons (Fsp3) is 0.500. The van der Waals surface area contributed by atoms with Crippen LogP contribution in [0.15, 0.2) is 24.3 Å². The molecule has 6 nitrogen and oxygen atoms in total. The number of aromatic hydroxyl groups is 2. The maximum absolute atomic E-state index is 8.65. The van der Waals surface area contributed by atoms with Gasteiger partial charge in [-0.25, -0.2) is 0 Å². The molecule has 1 rings (SSSR count). The van der Waals surface area contributed by atoms with Gasteiger partial charge in [-0.2, -0.15) is 0 Å². The quantitative estimate of drug-likeness (QED) is 0.465. The highest BCUT2D eigenvalue weighted by molar-refractivity contribution is 5.30. The van der Waals surface area contributed by atoms with Crippen molar-refractivity contribution in [3.05, 3.63) is 24.3 Å². The van der Waals surface area contributed by atoms with E-state index >= 15 is 0 Å². The largest absolute Gasteiger partial charge is 0.508 e. The van der Waals surface area contributed by atoms with Crippen molar-refractivity contribution < 1.29 is 25.5 Å². The van der Waals surface area contributed by atoms with Gasteiger partial charge < -0.3 is 25.5 Å². The van der Waals surface area contributed by atoms with Crippen LogP contribution in [0.3, 0.4) is 0 Å². The van der Waals surface area contributed by atoms with Crippen LogP contribution in [-0.4, -0.2) is 69.9 Å². The highest BCUT2D eigenvalue weighted by atomic mass is 16.3. The van der Waals surface area contributed by atoms with Gasteiger partial charge in [0.2, 0.25) is 0 Å². The smallest absolute Gasteiger partial charge is 0.119 e. The van der Waals surface area contributed by atoms with Gasteiger partial charge in [0.25, 0.3) is 0 Å². The van der Waals surface area contributed by atoms with Crippen LogP contribution in [0.1, 0.15) is 0 Å². The molecule has 0 aliphatic heterocycles. The Balaban J connectivity index is 0.000000327. The lowest BCUT2D eigenvalue weighted by Crippen LogP contribution is -2.32. The Morgan fingerprint density at radius 1 is 0.778 bits per heavy atom. The number of benzene rings is 1. The molecular formula is C12H21NO5. The monoisotopic (exact) mass is 259 g/mol. The molecule has 1 aromatic rings. The van der Waals surface area contributed by atoms with E-state index < -0.39 is 0 Å². The maximum atomic E-state index is 8.65. The molecule has 0 fully saturated rings. The second-order valence-electron chi connectivity index (χ2n) is 3.53. The van der Waals surface area contributed by atoms with Crippen molar-refractivity contribution in [3.63, 3.8) is 0 Å². The van der Waals surface area contributed by atoms with Crippen LogP contribution in [-0.2, 0) is 0 Å². The van der Waals surface area contributed by atoms with Crippen molar-refractivity contribution in [3.8, 4) is 11.5 Å². The van der Waals surface area contributed by atoms with Crippen molar-refractivity contribution in [1.29, 1.82) is 0 Å². The minimum atomic E-state index is 0.0694. The number of aliphatic hydroxyl groups is 3. The molecule has 0 bridgehead atoms. The van der Waals surface area contributed by atoms with Crippen molar-refractivity contribution in [1.82, 2.24) is 4.90 Å². The minimum absolute atomic E-state index is 0.0694. The third-order valence-electron chi connectivity index (χ3n) is 2.08. The number of phenols is 2. The lowest BCUT2D eigenvalue weighted by atomic mass is 10.3. The summed E-state index contributed by atoms with van der Waals surface area (Å²) in [5, 5.41) is 42.8. The first-order valence-corrected chi connectivity index (χ1v) is 5.67. The summed E-state index contributed by atoms with van der Waals surface area (Å²) < 4.78 is 0. The number of nitrogens with zero attached hydrogens (tertiary/aromatic N) is 1. The standard InChI is InChI=1S/C6H15NO3.C6H6O2/c8-4-1-7(2-5-9)3-6-10;7-5-2-1-3-6(8)4-5/h8-10H,1-6H2;1-4,7-8H. The van der Waals surface area contributed by atoms with Crippen LogP contribution in [0.2, 0.25) is 0 Å². The topological polar surface area (TPSA) is 104 Å². The predicted molar refractivity (Wildman–Crippen MR) is 67.5 cm³/mol. The summed E-state index contributed by atoms with van der Waals surface area (Å²) in [5.74, 6) is 0.176. The van der Waals surface area contributed by atoms with Gasteiger partial charge in [0, 0.05) is 25.7 Å². The number of hydrogen-bond acceptors (Lipinski definition) is 6. The Kier molecular flexibility index (Phi) is 9.99. The highest BCUT2D eigenvalue weighted by Crippen LogP contribution is 2.14. The Morgan fingerprint density at radius 2 is 1.17 bits per heavy atom. The normalized spacial score (nSPS) is 10.0. The van der Waals surface area contributed by atoms with Gasteiger partial charge in [-0.05, 0) is 12.1 Å². The molecule has 104 valence electrons. The summed E-state index contributed by atoms with van der Waals surface area (Å²) in [6.45, 7) is 1.75. The Morgan fingerprint density at radius 3 is 1.39 bits per heavy atom. The number of phenolic OH excluding ortho intramolecular Hbond substituents is 2. The van der Waals surface area contributed by atoms with Crippen LogP contribution in [0.25, 0.3) is 0 Å². The molecule has 1 aromatic carbocycles. The van der Waals surface area contributed by atoms with E-state index in [0.717, 1.165) is 0 Å². The number of aliphatic hydroxyl groups excluding tert-OH is 3. The van der Waals surface area contributed by atoms with E-state index in [-0.39, 0.29) is 31.3 Å². The summed E-state index contributed by atoms with van der Waals surface area (Å²) >= 11 is 0. The molecule has 0 spiro atoms. The molecule has 0 heterocycles. The van der Waals surface area contributed by atoms with E-state index in [4.69, 9.17) is 25.5 Å². The average Bonchev–Trinajstić information content (AvgIpc) is 2.30. The molecule has 0 atom stereocenters. The van der Waals surface area contributed by atoms with E-state index in [1.807, 2.05) is 0 Å². The van der Waals surface area contributed by atoms with Gasteiger partial charge in [0.05, 0.1) is 19.8 Å². The lowest BCUT2D eigenvalue weighted by Gasteiger charge is -2.17. The SMILES string of the molecule is OCCN(CCO)CCO.Oc1cccc(O)c1. The second-order valence-corrected chi connectivity index (χ2v) is 3.53.